The highest BCUT2D eigenvalue weighted by Crippen LogP contribution is 2.29. The van der Waals surface area contributed by atoms with Gasteiger partial charge in [0.1, 0.15) is 15.5 Å². The van der Waals surface area contributed by atoms with E-state index >= 15 is 0 Å². The van der Waals surface area contributed by atoms with E-state index in [1.54, 1.807) is 11.5 Å². The lowest BCUT2D eigenvalue weighted by molar-refractivity contribution is -0.140. The molecule has 2 aliphatic heterocycles. The Morgan fingerprint density at radius 3 is 2.64 bits per heavy atom. The van der Waals surface area contributed by atoms with E-state index in [1.165, 1.54) is 11.3 Å². The molecule has 0 bridgehead atoms. The van der Waals surface area contributed by atoms with E-state index in [9.17, 15) is 14.4 Å². The van der Waals surface area contributed by atoms with Crippen LogP contribution in [0.2, 0.25) is 0 Å². The lowest BCUT2D eigenvalue weighted by atomic mass is 9.97. The van der Waals surface area contributed by atoms with Crippen molar-refractivity contribution in [1.29, 1.82) is 0 Å². The minimum Gasteiger partial charge on any atom is -0.451 e. The number of carbonyl (C=O) groups excluding carboxylic acids is 2. The first-order chi connectivity index (χ1) is 13.4. The summed E-state index contributed by atoms with van der Waals surface area (Å²) in [4.78, 5) is 45.3. The average Bonchev–Trinajstić information content (AvgIpc) is 3.25. The van der Waals surface area contributed by atoms with Crippen molar-refractivity contribution in [3.8, 4) is 0 Å². The number of fused-ring (bicyclic) bond motifs is 2. The summed E-state index contributed by atoms with van der Waals surface area (Å²) in [6, 6.07) is 0.320. The second-order valence-electron chi connectivity index (χ2n) is 7.83. The monoisotopic (exact) mass is 403 g/mol. The van der Waals surface area contributed by atoms with Crippen LogP contribution in [0, 0.1) is 6.92 Å². The normalized spacial score (nSPS) is 21.8. The maximum atomic E-state index is 12.7. The standard InChI is InChI=1S/C20H25N3O4S/c1-11-6-4-7-12(2)23(11)15(24)10-27-20(26)17-13(3)16-18(28-17)21-14-8-5-9-22(14)19(16)25/h11-12H,4-10H2,1-3H3/t11-,12-/m0/s1. The first-order valence-electron chi connectivity index (χ1n) is 9.89. The van der Waals surface area contributed by atoms with Gasteiger partial charge in [-0.15, -0.1) is 11.3 Å². The Morgan fingerprint density at radius 1 is 1.21 bits per heavy atom. The van der Waals surface area contributed by atoms with Gasteiger partial charge in [-0.2, -0.15) is 0 Å². The molecule has 0 aliphatic carbocycles. The molecule has 2 aliphatic rings. The number of ether oxygens (including phenoxy) is 1. The number of nitrogens with zero attached hydrogens (tertiary/aromatic N) is 3. The number of thiophene rings is 1. The number of piperidine rings is 1. The average molecular weight is 404 g/mol. The highest BCUT2D eigenvalue weighted by atomic mass is 32.1. The van der Waals surface area contributed by atoms with Crippen LogP contribution >= 0.6 is 11.3 Å². The van der Waals surface area contributed by atoms with E-state index in [1.807, 2.05) is 18.7 Å². The predicted octanol–water partition coefficient (Wildman–Crippen LogP) is 2.66. The van der Waals surface area contributed by atoms with Gasteiger partial charge in [0.05, 0.1) is 5.39 Å². The molecule has 0 aromatic carbocycles. The second-order valence-corrected chi connectivity index (χ2v) is 8.83. The fourth-order valence-corrected chi connectivity index (χ4v) is 5.53. The summed E-state index contributed by atoms with van der Waals surface area (Å²) in [5, 5.41) is 0.493. The van der Waals surface area contributed by atoms with Crippen LogP contribution < -0.4 is 5.56 Å². The molecule has 4 heterocycles. The van der Waals surface area contributed by atoms with Crippen LogP contribution in [0.5, 0.6) is 0 Å². The highest BCUT2D eigenvalue weighted by molar-refractivity contribution is 7.20. The zero-order valence-electron chi connectivity index (χ0n) is 16.5. The molecular weight excluding hydrogens is 378 g/mol. The fraction of sp³-hybridized carbons (Fsp3) is 0.600. The lowest BCUT2D eigenvalue weighted by Crippen LogP contribution is -2.49. The Morgan fingerprint density at radius 2 is 1.93 bits per heavy atom. The number of likely N-dealkylation sites (tertiary alicyclic amines) is 1. The molecule has 2 aromatic rings. The van der Waals surface area contributed by atoms with Gasteiger partial charge in [0.15, 0.2) is 6.61 Å². The molecule has 1 amide bonds. The molecule has 0 unspecified atom stereocenters. The summed E-state index contributed by atoms with van der Waals surface area (Å²) in [5.74, 6) is 0.0571. The quantitative estimate of drug-likeness (QED) is 0.736. The molecule has 2 aromatic heterocycles. The molecule has 2 atom stereocenters. The third kappa shape index (κ3) is 3.13. The van der Waals surface area contributed by atoms with E-state index in [2.05, 4.69) is 4.98 Å². The summed E-state index contributed by atoms with van der Waals surface area (Å²) in [6.07, 6.45) is 4.75. The van der Waals surface area contributed by atoms with Crippen LogP contribution in [0.4, 0.5) is 0 Å². The number of aryl methyl sites for hydroxylation is 2. The molecule has 0 radical (unpaired) electrons. The Balaban J connectivity index is 1.53. The molecule has 4 rings (SSSR count). The van der Waals surface area contributed by atoms with E-state index in [-0.39, 0.29) is 30.2 Å². The fourth-order valence-electron chi connectivity index (χ4n) is 4.45. The van der Waals surface area contributed by atoms with Gasteiger partial charge in [-0.1, -0.05) is 0 Å². The van der Waals surface area contributed by atoms with E-state index in [0.717, 1.165) is 37.9 Å². The molecule has 0 N–H and O–H groups in total. The van der Waals surface area contributed by atoms with Crippen molar-refractivity contribution >= 4 is 33.4 Å². The predicted molar refractivity (Wildman–Crippen MR) is 107 cm³/mol. The molecule has 7 nitrogen and oxygen atoms in total. The molecule has 0 saturated carbocycles. The largest absolute Gasteiger partial charge is 0.451 e. The molecule has 150 valence electrons. The zero-order valence-corrected chi connectivity index (χ0v) is 17.3. The van der Waals surface area contributed by atoms with Crippen LogP contribution in [0.3, 0.4) is 0 Å². The summed E-state index contributed by atoms with van der Waals surface area (Å²) >= 11 is 1.18. The van der Waals surface area contributed by atoms with Crippen molar-refractivity contribution in [3.63, 3.8) is 0 Å². The van der Waals surface area contributed by atoms with Gasteiger partial charge in [-0.05, 0) is 52.0 Å². The van der Waals surface area contributed by atoms with Crippen molar-refractivity contribution < 1.29 is 14.3 Å². The van der Waals surface area contributed by atoms with Crippen molar-refractivity contribution in [2.75, 3.05) is 6.61 Å². The number of rotatable bonds is 3. The van der Waals surface area contributed by atoms with Gasteiger partial charge < -0.3 is 9.64 Å². The van der Waals surface area contributed by atoms with Crippen LogP contribution in [0.15, 0.2) is 4.79 Å². The summed E-state index contributed by atoms with van der Waals surface area (Å²) < 4.78 is 7.03. The van der Waals surface area contributed by atoms with Crippen molar-refractivity contribution in [2.24, 2.45) is 0 Å². The Labute approximate surface area is 167 Å². The third-order valence-electron chi connectivity index (χ3n) is 5.91. The SMILES string of the molecule is Cc1c(C(=O)OCC(=O)N2[C@@H](C)CCC[C@@H]2C)sc2nc3n(c(=O)c12)CCC3. The third-order valence-corrected chi connectivity index (χ3v) is 7.07. The molecule has 28 heavy (non-hydrogen) atoms. The first kappa shape index (κ1) is 19.1. The van der Waals surface area contributed by atoms with Crippen LogP contribution in [0.25, 0.3) is 10.2 Å². The van der Waals surface area contributed by atoms with Crippen LogP contribution in [-0.2, 0) is 22.5 Å². The number of hydrogen-bond donors (Lipinski definition) is 0. The van der Waals surface area contributed by atoms with Gasteiger partial charge in [-0.3, -0.25) is 14.2 Å². The molecule has 1 fully saturated rings. The first-order valence-corrected chi connectivity index (χ1v) is 10.7. The van der Waals surface area contributed by atoms with Gasteiger partial charge in [-0.25, -0.2) is 9.78 Å². The molecule has 0 spiro atoms. The number of aromatic nitrogens is 2. The van der Waals surface area contributed by atoms with Gasteiger partial charge in [0.25, 0.3) is 11.5 Å². The van der Waals surface area contributed by atoms with Gasteiger partial charge >= 0.3 is 5.97 Å². The van der Waals surface area contributed by atoms with Gasteiger partial charge in [0.2, 0.25) is 0 Å². The van der Waals surface area contributed by atoms with E-state index < -0.39 is 5.97 Å². The van der Waals surface area contributed by atoms with Crippen molar-refractivity contribution in [3.05, 3.63) is 26.6 Å². The molecule has 1 saturated heterocycles. The lowest BCUT2D eigenvalue weighted by Gasteiger charge is -2.38. The number of amides is 1. The van der Waals surface area contributed by atoms with Crippen molar-refractivity contribution in [2.45, 2.75) is 71.5 Å². The number of carbonyl (C=O) groups is 2. The number of esters is 1. The smallest absolute Gasteiger partial charge is 0.349 e. The van der Waals surface area contributed by atoms with E-state index in [0.29, 0.717) is 27.2 Å². The van der Waals surface area contributed by atoms with Crippen LogP contribution in [-0.4, -0.2) is 45.0 Å². The second kappa shape index (κ2) is 7.31. The number of hydrogen-bond acceptors (Lipinski definition) is 6. The maximum Gasteiger partial charge on any atom is 0.349 e. The Hall–Kier alpha value is -2.22. The minimum atomic E-state index is -0.560. The topological polar surface area (TPSA) is 81.5 Å². The van der Waals surface area contributed by atoms with E-state index in [4.69, 9.17) is 4.74 Å². The Bertz CT molecular complexity index is 999. The zero-order chi connectivity index (χ0) is 20.0. The maximum absolute atomic E-state index is 12.7. The Kier molecular flexibility index (Phi) is 4.99. The summed E-state index contributed by atoms with van der Waals surface area (Å²) in [7, 11) is 0. The molecular formula is C20H25N3O4S. The van der Waals surface area contributed by atoms with Crippen molar-refractivity contribution in [1.82, 2.24) is 14.5 Å². The molecule has 8 heteroatoms. The van der Waals surface area contributed by atoms with Gasteiger partial charge in [0, 0.05) is 25.0 Å². The highest BCUT2D eigenvalue weighted by Gasteiger charge is 2.30. The minimum absolute atomic E-state index is 0.0858. The van der Waals surface area contributed by atoms with Crippen LogP contribution in [0.1, 0.15) is 60.6 Å². The summed E-state index contributed by atoms with van der Waals surface area (Å²) in [5.41, 5.74) is 0.509. The summed E-state index contributed by atoms with van der Waals surface area (Å²) in [6.45, 7) is 6.21.